The van der Waals surface area contributed by atoms with Gasteiger partial charge in [0.05, 0.1) is 10.7 Å². The van der Waals surface area contributed by atoms with Gasteiger partial charge in [0, 0.05) is 11.1 Å². The van der Waals surface area contributed by atoms with E-state index in [0.717, 1.165) is 47.6 Å². The summed E-state index contributed by atoms with van der Waals surface area (Å²) in [7, 11) is 0. The van der Waals surface area contributed by atoms with Gasteiger partial charge >= 0.3 is 5.97 Å². The van der Waals surface area contributed by atoms with Crippen LogP contribution in [0.5, 0.6) is 0 Å². The molecule has 4 saturated carbocycles. The molecule has 152 valence electrons. The molecule has 1 amide bonds. The van der Waals surface area contributed by atoms with Crippen molar-refractivity contribution in [1.29, 1.82) is 0 Å². The first kappa shape index (κ1) is 18.8. The Hall–Kier alpha value is -2.21. The maximum absolute atomic E-state index is 12.7. The lowest BCUT2D eigenvalue weighted by atomic mass is 9.53. The number of benzene rings is 1. The van der Waals surface area contributed by atoms with Crippen molar-refractivity contribution in [2.24, 2.45) is 17.8 Å². The maximum atomic E-state index is 12.7. The molecule has 1 heterocycles. The van der Waals surface area contributed by atoms with Gasteiger partial charge in [0.15, 0.2) is 6.61 Å². The minimum Gasteiger partial charge on any atom is -0.451 e. The second-order valence-electron chi connectivity index (χ2n) is 9.10. The third kappa shape index (κ3) is 3.70. The van der Waals surface area contributed by atoms with Crippen LogP contribution >= 0.6 is 11.3 Å². The minimum absolute atomic E-state index is 0.0610. The van der Waals surface area contributed by atoms with Gasteiger partial charge < -0.3 is 10.1 Å². The highest BCUT2D eigenvalue weighted by Gasteiger charge is 2.51. The lowest BCUT2D eigenvalue weighted by molar-refractivity contribution is -0.130. The maximum Gasteiger partial charge on any atom is 0.351 e. The van der Waals surface area contributed by atoms with Gasteiger partial charge in [0.25, 0.3) is 5.91 Å². The van der Waals surface area contributed by atoms with Crippen molar-refractivity contribution in [2.45, 2.75) is 51.0 Å². The SMILES string of the molecule is Cc1nc(-c2ccccc2)c(C(=O)OCC(=O)NC23CC4CC(CC(C4)C2)C3)s1. The second kappa shape index (κ2) is 7.24. The standard InChI is InChI=1S/C23H26N2O3S/c1-14-24-20(18-5-3-2-4-6-18)21(29-14)22(27)28-13-19(26)25-23-10-15-7-16(11-23)9-17(8-15)12-23/h2-6,15-17H,7-13H2,1H3,(H,25,26). The van der Waals surface area contributed by atoms with Crippen molar-refractivity contribution in [3.63, 3.8) is 0 Å². The van der Waals surface area contributed by atoms with Crippen LogP contribution in [0, 0.1) is 24.7 Å². The number of aryl methyl sites for hydroxylation is 1. The van der Waals surface area contributed by atoms with Crippen molar-refractivity contribution >= 4 is 23.2 Å². The number of carbonyl (C=O) groups is 2. The number of ether oxygens (including phenoxy) is 1. The van der Waals surface area contributed by atoms with Crippen LogP contribution < -0.4 is 5.32 Å². The van der Waals surface area contributed by atoms with Crippen LogP contribution in [-0.4, -0.2) is 29.0 Å². The predicted molar refractivity (Wildman–Crippen MR) is 112 cm³/mol. The summed E-state index contributed by atoms with van der Waals surface area (Å²) >= 11 is 1.31. The number of nitrogens with zero attached hydrogens (tertiary/aromatic N) is 1. The Morgan fingerprint density at radius 2 is 1.72 bits per heavy atom. The molecule has 1 aromatic heterocycles. The number of hydrogen-bond acceptors (Lipinski definition) is 5. The van der Waals surface area contributed by atoms with Gasteiger partial charge in [-0.3, -0.25) is 4.79 Å². The third-order valence-electron chi connectivity index (χ3n) is 6.74. The molecule has 0 spiro atoms. The fraction of sp³-hybridized carbons (Fsp3) is 0.522. The molecule has 5 nitrogen and oxygen atoms in total. The molecular formula is C23H26N2O3S. The Morgan fingerprint density at radius 1 is 1.10 bits per heavy atom. The Balaban J connectivity index is 1.23. The number of esters is 1. The molecule has 0 aliphatic heterocycles. The Morgan fingerprint density at radius 3 is 2.34 bits per heavy atom. The predicted octanol–water partition coefficient (Wildman–Crippen LogP) is 4.36. The number of thiazole rings is 1. The lowest BCUT2D eigenvalue weighted by Crippen LogP contribution is -2.60. The van der Waals surface area contributed by atoms with E-state index in [-0.39, 0.29) is 18.1 Å². The summed E-state index contributed by atoms with van der Waals surface area (Å²) in [4.78, 5) is 30.3. The molecule has 0 radical (unpaired) electrons. The van der Waals surface area contributed by atoms with Crippen LogP contribution in [0.4, 0.5) is 0 Å². The van der Waals surface area contributed by atoms with E-state index in [9.17, 15) is 9.59 Å². The van der Waals surface area contributed by atoms with Gasteiger partial charge in [-0.1, -0.05) is 30.3 Å². The molecule has 2 aromatic rings. The number of hydrogen-bond donors (Lipinski definition) is 1. The molecule has 0 atom stereocenters. The summed E-state index contributed by atoms with van der Waals surface area (Å²) in [6, 6.07) is 9.60. The number of nitrogens with one attached hydrogen (secondary N) is 1. The van der Waals surface area contributed by atoms with Gasteiger partial charge in [-0.2, -0.15) is 0 Å². The first-order valence-corrected chi connectivity index (χ1v) is 11.3. The van der Waals surface area contributed by atoms with Crippen molar-refractivity contribution in [3.05, 3.63) is 40.2 Å². The average molecular weight is 411 g/mol. The zero-order chi connectivity index (χ0) is 20.0. The minimum atomic E-state index is -0.477. The summed E-state index contributed by atoms with van der Waals surface area (Å²) < 4.78 is 5.40. The first-order chi connectivity index (χ1) is 14.0. The molecule has 4 bridgehead atoms. The largest absolute Gasteiger partial charge is 0.451 e. The van der Waals surface area contributed by atoms with Crippen molar-refractivity contribution in [3.8, 4) is 11.3 Å². The number of rotatable bonds is 5. The smallest absolute Gasteiger partial charge is 0.351 e. The highest BCUT2D eigenvalue weighted by Crippen LogP contribution is 2.55. The molecule has 0 saturated heterocycles. The van der Waals surface area contributed by atoms with Crippen LogP contribution in [0.25, 0.3) is 11.3 Å². The van der Waals surface area contributed by atoms with Crippen LogP contribution in [-0.2, 0) is 9.53 Å². The fourth-order valence-corrected chi connectivity index (χ4v) is 6.98. The lowest BCUT2D eigenvalue weighted by Gasteiger charge is -2.56. The summed E-state index contributed by atoms with van der Waals surface area (Å²) in [6.07, 6.45) is 7.26. The topological polar surface area (TPSA) is 68.3 Å². The normalized spacial score (nSPS) is 29.6. The van der Waals surface area contributed by atoms with Gasteiger partial charge in [0.2, 0.25) is 0 Å². The summed E-state index contributed by atoms with van der Waals surface area (Å²) in [5.74, 6) is 1.63. The number of carbonyl (C=O) groups excluding carboxylic acids is 2. The van der Waals surface area contributed by atoms with Crippen molar-refractivity contribution in [1.82, 2.24) is 10.3 Å². The molecule has 4 fully saturated rings. The summed E-state index contributed by atoms with van der Waals surface area (Å²) in [5, 5.41) is 4.05. The van der Waals surface area contributed by atoms with Crippen molar-refractivity contribution in [2.75, 3.05) is 6.61 Å². The van der Waals surface area contributed by atoms with Gasteiger partial charge in [-0.25, -0.2) is 9.78 Å². The Kier molecular flexibility index (Phi) is 4.69. The molecule has 4 aliphatic carbocycles. The van der Waals surface area contributed by atoms with Gasteiger partial charge in [-0.05, 0) is 63.2 Å². The van der Waals surface area contributed by atoms with Crippen LogP contribution in [0.2, 0.25) is 0 Å². The first-order valence-electron chi connectivity index (χ1n) is 10.5. The van der Waals surface area contributed by atoms with Crippen molar-refractivity contribution < 1.29 is 14.3 Å². The molecule has 6 rings (SSSR count). The van der Waals surface area contributed by atoms with E-state index < -0.39 is 5.97 Å². The highest BCUT2D eigenvalue weighted by molar-refractivity contribution is 7.14. The van der Waals surface area contributed by atoms with E-state index in [1.807, 2.05) is 37.3 Å². The van der Waals surface area contributed by atoms with E-state index in [4.69, 9.17) is 4.74 Å². The van der Waals surface area contributed by atoms with Crippen LogP contribution in [0.3, 0.4) is 0 Å². The number of aromatic nitrogens is 1. The summed E-state index contributed by atoms with van der Waals surface area (Å²) in [5.41, 5.74) is 1.44. The monoisotopic (exact) mass is 410 g/mol. The zero-order valence-electron chi connectivity index (χ0n) is 16.6. The van der Waals surface area contributed by atoms with Crippen LogP contribution in [0.15, 0.2) is 30.3 Å². The fourth-order valence-electron chi connectivity index (χ4n) is 6.15. The molecule has 4 aliphatic rings. The van der Waals surface area contributed by atoms with E-state index in [1.54, 1.807) is 0 Å². The number of amides is 1. The third-order valence-corrected chi connectivity index (χ3v) is 7.69. The van der Waals surface area contributed by atoms with E-state index in [2.05, 4.69) is 10.3 Å². The molecular weight excluding hydrogens is 384 g/mol. The van der Waals surface area contributed by atoms with E-state index >= 15 is 0 Å². The zero-order valence-corrected chi connectivity index (χ0v) is 17.5. The second-order valence-corrected chi connectivity index (χ2v) is 10.3. The molecule has 1 aromatic carbocycles. The Bertz CT molecular complexity index is 902. The molecule has 0 unspecified atom stereocenters. The average Bonchev–Trinajstić information content (AvgIpc) is 3.07. The van der Waals surface area contributed by atoms with E-state index in [1.165, 1.54) is 30.6 Å². The Labute approximate surface area is 174 Å². The molecule has 29 heavy (non-hydrogen) atoms. The highest BCUT2D eigenvalue weighted by atomic mass is 32.1. The quantitative estimate of drug-likeness (QED) is 0.744. The molecule has 6 heteroatoms. The summed E-state index contributed by atoms with van der Waals surface area (Å²) in [6.45, 7) is 1.64. The van der Waals surface area contributed by atoms with Gasteiger partial charge in [-0.15, -0.1) is 11.3 Å². The van der Waals surface area contributed by atoms with Gasteiger partial charge in [0.1, 0.15) is 4.88 Å². The van der Waals surface area contributed by atoms with Crippen LogP contribution in [0.1, 0.15) is 53.2 Å². The van der Waals surface area contributed by atoms with E-state index in [0.29, 0.717) is 10.6 Å². The molecule has 1 N–H and O–H groups in total.